The van der Waals surface area contributed by atoms with Gasteiger partial charge in [-0.15, -0.1) is 0 Å². The topological polar surface area (TPSA) is 12.0 Å². The minimum absolute atomic E-state index is 0.756. The van der Waals surface area contributed by atoms with Crippen molar-refractivity contribution >= 4 is 15.9 Å². The average Bonchev–Trinajstić information content (AvgIpc) is 2.33. The summed E-state index contributed by atoms with van der Waals surface area (Å²) in [4.78, 5) is 0. The lowest BCUT2D eigenvalue weighted by molar-refractivity contribution is 0.188. The Kier molecular flexibility index (Phi) is 4.52. The van der Waals surface area contributed by atoms with Gasteiger partial charge in [-0.2, -0.15) is 0 Å². The van der Waals surface area contributed by atoms with Gasteiger partial charge in [-0.3, -0.25) is 0 Å². The molecule has 0 radical (unpaired) electrons. The van der Waals surface area contributed by atoms with Crippen molar-refractivity contribution in [3.05, 3.63) is 34.3 Å². The highest BCUT2D eigenvalue weighted by Crippen LogP contribution is 2.38. The summed E-state index contributed by atoms with van der Waals surface area (Å²) in [6.45, 7) is 4.82. The van der Waals surface area contributed by atoms with Crippen LogP contribution in [0.2, 0.25) is 0 Å². The predicted octanol–water partition coefficient (Wildman–Crippen LogP) is 5.11. The van der Waals surface area contributed by atoms with Gasteiger partial charge in [0.2, 0.25) is 0 Å². The Balaban J connectivity index is 1.47. The highest BCUT2D eigenvalue weighted by molar-refractivity contribution is 9.10. The Morgan fingerprint density at radius 2 is 1.40 bits per heavy atom. The lowest BCUT2D eigenvalue weighted by Crippen LogP contribution is -2.47. The van der Waals surface area contributed by atoms with Crippen molar-refractivity contribution in [1.82, 2.24) is 5.32 Å². The van der Waals surface area contributed by atoms with Gasteiger partial charge in [0.1, 0.15) is 0 Å². The third kappa shape index (κ3) is 3.46. The van der Waals surface area contributed by atoms with Crippen LogP contribution < -0.4 is 5.32 Å². The third-order valence-electron chi connectivity index (χ3n) is 5.13. The third-order valence-corrected chi connectivity index (χ3v) is 5.66. The maximum absolute atomic E-state index is 3.92. The molecule has 0 saturated heterocycles. The minimum Gasteiger partial charge on any atom is -0.311 e. The second-order valence-corrected chi connectivity index (χ2v) is 8.11. The molecule has 0 aromatic heterocycles. The SMILES string of the molecule is CC1CC(C)CC(NC2CC(c3ccc(Br)cc3)C2)C1. The maximum Gasteiger partial charge on any atom is 0.0175 e. The lowest BCUT2D eigenvalue weighted by atomic mass is 9.74. The molecule has 0 aliphatic heterocycles. The Morgan fingerprint density at radius 3 is 2.00 bits per heavy atom. The average molecular weight is 336 g/mol. The Morgan fingerprint density at radius 1 is 0.850 bits per heavy atom. The monoisotopic (exact) mass is 335 g/mol. The first-order valence-electron chi connectivity index (χ1n) is 8.11. The van der Waals surface area contributed by atoms with Crippen molar-refractivity contribution in [1.29, 1.82) is 0 Å². The molecule has 1 aromatic rings. The lowest BCUT2D eigenvalue weighted by Gasteiger charge is -2.41. The van der Waals surface area contributed by atoms with Crippen LogP contribution in [-0.2, 0) is 0 Å². The number of rotatable bonds is 3. The zero-order chi connectivity index (χ0) is 14.1. The van der Waals surface area contributed by atoms with Gasteiger partial charge in [0.15, 0.2) is 0 Å². The van der Waals surface area contributed by atoms with Crippen LogP contribution >= 0.6 is 15.9 Å². The summed E-state index contributed by atoms with van der Waals surface area (Å²) < 4.78 is 1.18. The fourth-order valence-corrected chi connectivity index (χ4v) is 4.44. The first kappa shape index (κ1) is 14.6. The number of hydrogen-bond donors (Lipinski definition) is 1. The van der Waals surface area contributed by atoms with Crippen LogP contribution in [0.15, 0.2) is 28.7 Å². The van der Waals surface area contributed by atoms with Gasteiger partial charge >= 0.3 is 0 Å². The van der Waals surface area contributed by atoms with E-state index in [4.69, 9.17) is 0 Å². The van der Waals surface area contributed by atoms with E-state index >= 15 is 0 Å². The zero-order valence-corrected chi connectivity index (χ0v) is 14.2. The molecule has 0 heterocycles. The minimum atomic E-state index is 0.756. The van der Waals surface area contributed by atoms with Crippen LogP contribution in [0.25, 0.3) is 0 Å². The fourth-order valence-electron chi connectivity index (χ4n) is 4.18. The maximum atomic E-state index is 3.92. The van der Waals surface area contributed by atoms with Gasteiger partial charge < -0.3 is 5.32 Å². The molecule has 0 spiro atoms. The molecule has 110 valence electrons. The van der Waals surface area contributed by atoms with Gasteiger partial charge in [0.25, 0.3) is 0 Å². The summed E-state index contributed by atoms with van der Waals surface area (Å²) in [7, 11) is 0. The van der Waals surface area contributed by atoms with E-state index in [0.29, 0.717) is 0 Å². The summed E-state index contributed by atoms with van der Waals surface area (Å²) in [5, 5.41) is 3.92. The predicted molar refractivity (Wildman–Crippen MR) is 89.0 cm³/mol. The number of nitrogens with one attached hydrogen (secondary N) is 1. The van der Waals surface area contributed by atoms with E-state index in [2.05, 4.69) is 59.4 Å². The summed E-state index contributed by atoms with van der Waals surface area (Å²) in [5.41, 5.74) is 1.51. The molecule has 3 rings (SSSR count). The highest BCUT2D eigenvalue weighted by Gasteiger charge is 2.33. The normalized spacial score (nSPS) is 37.5. The van der Waals surface area contributed by atoms with Crippen molar-refractivity contribution in [2.24, 2.45) is 11.8 Å². The Bertz CT molecular complexity index is 425. The standard InChI is InChI=1S/C18H26BrN/c1-12-7-13(2)9-17(8-12)20-18-10-15(11-18)14-3-5-16(19)6-4-14/h3-6,12-13,15,17-18,20H,7-11H2,1-2H3. The first-order chi connectivity index (χ1) is 9.60. The smallest absolute Gasteiger partial charge is 0.0175 e. The van der Waals surface area contributed by atoms with Gasteiger partial charge in [0, 0.05) is 16.6 Å². The Hall–Kier alpha value is -0.340. The van der Waals surface area contributed by atoms with Gasteiger partial charge in [-0.25, -0.2) is 0 Å². The molecule has 0 bridgehead atoms. The largest absolute Gasteiger partial charge is 0.311 e. The van der Waals surface area contributed by atoms with E-state index in [-0.39, 0.29) is 0 Å². The van der Waals surface area contributed by atoms with E-state index in [1.165, 1.54) is 42.1 Å². The van der Waals surface area contributed by atoms with Crippen LogP contribution in [0, 0.1) is 11.8 Å². The molecule has 2 aliphatic rings. The molecule has 0 amide bonds. The number of halogens is 1. The van der Waals surface area contributed by atoms with Crippen LogP contribution in [0.1, 0.15) is 57.4 Å². The van der Waals surface area contributed by atoms with Gasteiger partial charge in [-0.05, 0) is 67.6 Å². The van der Waals surface area contributed by atoms with E-state index in [9.17, 15) is 0 Å². The summed E-state index contributed by atoms with van der Waals surface area (Å²) in [5.74, 6) is 2.58. The quantitative estimate of drug-likeness (QED) is 0.809. The van der Waals surface area contributed by atoms with Gasteiger partial charge in [-0.1, -0.05) is 41.9 Å². The fraction of sp³-hybridized carbons (Fsp3) is 0.667. The van der Waals surface area contributed by atoms with Crippen molar-refractivity contribution in [2.45, 2.75) is 64.0 Å². The summed E-state index contributed by atoms with van der Waals surface area (Å²) in [6.07, 6.45) is 6.82. The molecule has 1 aromatic carbocycles. The van der Waals surface area contributed by atoms with Crippen molar-refractivity contribution < 1.29 is 0 Å². The molecule has 2 fully saturated rings. The second kappa shape index (κ2) is 6.19. The molecule has 2 saturated carbocycles. The van der Waals surface area contributed by atoms with E-state index in [1.54, 1.807) is 0 Å². The molecule has 20 heavy (non-hydrogen) atoms. The van der Waals surface area contributed by atoms with Crippen LogP contribution in [0.4, 0.5) is 0 Å². The summed E-state index contributed by atoms with van der Waals surface area (Å²) in [6, 6.07) is 10.4. The van der Waals surface area contributed by atoms with Crippen LogP contribution in [-0.4, -0.2) is 12.1 Å². The second-order valence-electron chi connectivity index (χ2n) is 7.20. The molecular formula is C18H26BrN. The number of benzene rings is 1. The highest BCUT2D eigenvalue weighted by atomic mass is 79.9. The van der Waals surface area contributed by atoms with Crippen LogP contribution in [0.5, 0.6) is 0 Å². The van der Waals surface area contributed by atoms with Crippen LogP contribution in [0.3, 0.4) is 0 Å². The molecule has 2 aliphatic carbocycles. The van der Waals surface area contributed by atoms with E-state index in [0.717, 1.165) is 29.8 Å². The van der Waals surface area contributed by atoms with E-state index in [1.807, 2.05) is 0 Å². The van der Waals surface area contributed by atoms with Crippen molar-refractivity contribution in [3.63, 3.8) is 0 Å². The van der Waals surface area contributed by atoms with Crippen molar-refractivity contribution in [3.8, 4) is 0 Å². The summed E-state index contributed by atoms with van der Waals surface area (Å²) >= 11 is 3.51. The molecule has 1 N–H and O–H groups in total. The molecule has 2 unspecified atom stereocenters. The van der Waals surface area contributed by atoms with Gasteiger partial charge in [0.05, 0.1) is 0 Å². The Labute approximate surface area is 131 Å². The molecular weight excluding hydrogens is 310 g/mol. The number of hydrogen-bond acceptors (Lipinski definition) is 1. The van der Waals surface area contributed by atoms with E-state index < -0.39 is 0 Å². The molecule has 1 nitrogen and oxygen atoms in total. The molecule has 2 atom stereocenters. The molecule has 2 heteroatoms. The zero-order valence-electron chi connectivity index (χ0n) is 12.6. The first-order valence-corrected chi connectivity index (χ1v) is 8.91. The van der Waals surface area contributed by atoms with Crippen molar-refractivity contribution in [2.75, 3.05) is 0 Å².